The van der Waals surface area contributed by atoms with Crippen LogP contribution in [0, 0.1) is 0 Å². The molecule has 0 aliphatic carbocycles. The van der Waals surface area contributed by atoms with E-state index in [4.69, 9.17) is 22.1 Å². The van der Waals surface area contributed by atoms with Crippen LogP contribution < -0.4 is 10.6 Å². The second-order valence-corrected chi connectivity index (χ2v) is 5.05. The number of nitrogens with two attached hydrogens (primary N) is 1. The van der Waals surface area contributed by atoms with E-state index in [0.29, 0.717) is 18.1 Å². The van der Waals surface area contributed by atoms with E-state index in [-0.39, 0.29) is 18.8 Å². The first-order valence-corrected chi connectivity index (χ1v) is 6.51. The molecule has 0 saturated carbocycles. The zero-order chi connectivity index (χ0) is 13.1. The van der Waals surface area contributed by atoms with Gasteiger partial charge in [0.15, 0.2) is 0 Å². The number of hydrogen-bond acceptors (Lipinski definition) is 4. The summed E-state index contributed by atoms with van der Waals surface area (Å²) in [7, 11) is 0. The molecule has 1 aromatic rings. The number of benzene rings is 1. The number of aliphatic hydroxyl groups is 1. The minimum Gasteiger partial charge on any atom is -0.394 e. The molecular weight excluding hydrogens is 252 g/mol. The van der Waals surface area contributed by atoms with Gasteiger partial charge in [-0.2, -0.15) is 0 Å². The summed E-state index contributed by atoms with van der Waals surface area (Å²) < 4.78 is 5.62. The summed E-state index contributed by atoms with van der Waals surface area (Å²) in [6.45, 7) is 3.94. The number of aliphatic hydroxyl groups excluding tert-OH is 1. The van der Waals surface area contributed by atoms with E-state index >= 15 is 0 Å². The summed E-state index contributed by atoms with van der Waals surface area (Å²) >= 11 is 6.28. The Morgan fingerprint density at radius 2 is 2.28 bits per heavy atom. The van der Waals surface area contributed by atoms with Crippen molar-refractivity contribution in [3.63, 3.8) is 0 Å². The number of rotatable bonds is 3. The number of morpholine rings is 1. The van der Waals surface area contributed by atoms with Gasteiger partial charge < -0.3 is 20.5 Å². The molecule has 1 aromatic carbocycles. The quantitative estimate of drug-likeness (QED) is 0.871. The van der Waals surface area contributed by atoms with Crippen LogP contribution in [0.4, 0.5) is 5.69 Å². The molecule has 1 saturated heterocycles. The third kappa shape index (κ3) is 2.95. The lowest BCUT2D eigenvalue weighted by Gasteiger charge is -2.38. The maximum atomic E-state index is 9.22. The predicted molar refractivity (Wildman–Crippen MR) is 73.0 cm³/mol. The van der Waals surface area contributed by atoms with E-state index in [0.717, 1.165) is 17.8 Å². The lowest BCUT2D eigenvalue weighted by molar-refractivity contribution is -0.0421. The van der Waals surface area contributed by atoms with Crippen LogP contribution in [0.2, 0.25) is 5.02 Å². The number of halogens is 1. The van der Waals surface area contributed by atoms with Gasteiger partial charge in [-0.3, -0.25) is 0 Å². The molecule has 1 aliphatic rings. The van der Waals surface area contributed by atoms with Gasteiger partial charge in [0.05, 0.1) is 29.5 Å². The van der Waals surface area contributed by atoms with Crippen molar-refractivity contribution in [3.8, 4) is 0 Å². The van der Waals surface area contributed by atoms with Crippen LogP contribution in [0.25, 0.3) is 0 Å². The molecule has 0 spiro atoms. The highest BCUT2D eigenvalue weighted by molar-refractivity contribution is 6.33. The minimum atomic E-state index is -0.154. The fourth-order valence-electron chi connectivity index (χ4n) is 2.28. The van der Waals surface area contributed by atoms with E-state index in [1.165, 1.54) is 0 Å². The summed E-state index contributed by atoms with van der Waals surface area (Å²) in [5.74, 6) is 0. The zero-order valence-electron chi connectivity index (χ0n) is 10.5. The predicted octanol–water partition coefficient (Wildman–Crippen LogP) is 1.38. The Kier molecular flexibility index (Phi) is 4.45. The van der Waals surface area contributed by atoms with Gasteiger partial charge in [-0.25, -0.2) is 0 Å². The monoisotopic (exact) mass is 270 g/mol. The first kappa shape index (κ1) is 13.6. The third-order valence-electron chi connectivity index (χ3n) is 3.12. The molecule has 5 heteroatoms. The molecule has 100 valence electrons. The Hall–Kier alpha value is -0.810. The normalized spacial score (nSPS) is 24.3. The summed E-state index contributed by atoms with van der Waals surface area (Å²) in [6, 6.07) is 5.86. The van der Waals surface area contributed by atoms with Crippen molar-refractivity contribution in [2.24, 2.45) is 5.73 Å². The van der Waals surface area contributed by atoms with Crippen LogP contribution in [-0.4, -0.2) is 37.0 Å². The average molecular weight is 271 g/mol. The van der Waals surface area contributed by atoms with Crippen LogP contribution in [0.3, 0.4) is 0 Å². The Labute approximate surface area is 112 Å². The van der Waals surface area contributed by atoms with E-state index in [1.807, 2.05) is 25.1 Å². The van der Waals surface area contributed by atoms with Gasteiger partial charge in [0.1, 0.15) is 0 Å². The molecule has 2 atom stereocenters. The second-order valence-electron chi connectivity index (χ2n) is 4.65. The van der Waals surface area contributed by atoms with E-state index < -0.39 is 0 Å². The Morgan fingerprint density at radius 1 is 1.50 bits per heavy atom. The van der Waals surface area contributed by atoms with Gasteiger partial charge in [0, 0.05) is 19.6 Å². The van der Waals surface area contributed by atoms with Gasteiger partial charge in [-0.05, 0) is 24.6 Å². The maximum absolute atomic E-state index is 9.22. The largest absolute Gasteiger partial charge is 0.394 e. The molecule has 1 aliphatic heterocycles. The molecule has 0 aromatic heterocycles. The van der Waals surface area contributed by atoms with E-state index in [2.05, 4.69) is 4.90 Å². The highest BCUT2D eigenvalue weighted by Crippen LogP contribution is 2.29. The molecule has 1 heterocycles. The summed E-state index contributed by atoms with van der Waals surface area (Å²) in [6.07, 6.45) is -0.0693. The van der Waals surface area contributed by atoms with Crippen LogP contribution in [0.5, 0.6) is 0 Å². The van der Waals surface area contributed by atoms with Gasteiger partial charge in [-0.1, -0.05) is 17.7 Å². The van der Waals surface area contributed by atoms with Crippen LogP contribution in [0.15, 0.2) is 18.2 Å². The zero-order valence-corrected chi connectivity index (χ0v) is 11.2. The van der Waals surface area contributed by atoms with Gasteiger partial charge >= 0.3 is 0 Å². The summed E-state index contributed by atoms with van der Waals surface area (Å²) in [5, 5.41) is 9.92. The molecule has 0 radical (unpaired) electrons. The SMILES string of the molecule is CC1CN(c2ccc(CN)cc2Cl)CC(CO)O1. The Balaban J connectivity index is 2.19. The van der Waals surface area contributed by atoms with E-state index in [1.54, 1.807) is 0 Å². The lowest BCUT2D eigenvalue weighted by Crippen LogP contribution is -2.48. The Bertz CT molecular complexity index is 414. The topological polar surface area (TPSA) is 58.7 Å². The first-order valence-electron chi connectivity index (χ1n) is 6.13. The van der Waals surface area contributed by atoms with Gasteiger partial charge in [0.2, 0.25) is 0 Å². The van der Waals surface area contributed by atoms with Crippen molar-refractivity contribution < 1.29 is 9.84 Å². The molecular formula is C13H19ClN2O2. The minimum absolute atomic E-state index is 0.0271. The smallest absolute Gasteiger partial charge is 0.0984 e. The van der Waals surface area contributed by atoms with Crippen molar-refractivity contribution in [2.45, 2.75) is 25.7 Å². The third-order valence-corrected chi connectivity index (χ3v) is 3.42. The van der Waals surface area contributed by atoms with Gasteiger partial charge in [0.25, 0.3) is 0 Å². The molecule has 2 unspecified atom stereocenters. The highest BCUT2D eigenvalue weighted by Gasteiger charge is 2.25. The highest BCUT2D eigenvalue weighted by atomic mass is 35.5. The first-order chi connectivity index (χ1) is 8.63. The maximum Gasteiger partial charge on any atom is 0.0984 e. The second kappa shape index (κ2) is 5.89. The van der Waals surface area contributed by atoms with Gasteiger partial charge in [-0.15, -0.1) is 0 Å². The molecule has 4 nitrogen and oxygen atoms in total. The molecule has 2 rings (SSSR count). The van der Waals surface area contributed by atoms with Crippen molar-refractivity contribution in [1.29, 1.82) is 0 Å². The van der Waals surface area contributed by atoms with Crippen molar-refractivity contribution >= 4 is 17.3 Å². The standard InChI is InChI=1S/C13H19ClN2O2/c1-9-6-16(7-11(8-17)18-9)13-3-2-10(5-15)4-12(13)14/h2-4,9,11,17H,5-8,15H2,1H3. The van der Waals surface area contributed by atoms with Crippen molar-refractivity contribution in [3.05, 3.63) is 28.8 Å². The fraction of sp³-hybridized carbons (Fsp3) is 0.538. The van der Waals surface area contributed by atoms with Crippen molar-refractivity contribution in [1.82, 2.24) is 0 Å². The van der Waals surface area contributed by atoms with Crippen LogP contribution in [-0.2, 0) is 11.3 Å². The lowest BCUT2D eigenvalue weighted by atomic mass is 10.1. The van der Waals surface area contributed by atoms with Crippen molar-refractivity contribution in [2.75, 3.05) is 24.6 Å². The van der Waals surface area contributed by atoms with Crippen LogP contribution in [0.1, 0.15) is 12.5 Å². The molecule has 3 N–H and O–H groups in total. The molecule has 1 fully saturated rings. The summed E-state index contributed by atoms with van der Waals surface area (Å²) in [4.78, 5) is 2.15. The number of ether oxygens (including phenoxy) is 1. The average Bonchev–Trinajstić information content (AvgIpc) is 2.37. The molecule has 0 bridgehead atoms. The summed E-state index contributed by atoms with van der Waals surface area (Å²) in [5.41, 5.74) is 7.58. The molecule has 18 heavy (non-hydrogen) atoms. The van der Waals surface area contributed by atoms with Crippen LogP contribution >= 0.6 is 11.6 Å². The Morgan fingerprint density at radius 3 is 2.89 bits per heavy atom. The molecule has 0 amide bonds. The number of anilines is 1. The number of hydrogen-bond donors (Lipinski definition) is 2. The fourth-order valence-corrected chi connectivity index (χ4v) is 2.60. The number of nitrogens with zero attached hydrogens (tertiary/aromatic N) is 1. The van der Waals surface area contributed by atoms with E-state index in [9.17, 15) is 5.11 Å².